The van der Waals surface area contributed by atoms with Gasteiger partial charge in [-0.05, 0) is 55.4 Å². The molecule has 1 N–H and O–H groups in total. The van der Waals surface area contributed by atoms with Crippen molar-refractivity contribution in [1.29, 1.82) is 0 Å². The van der Waals surface area contributed by atoms with E-state index in [9.17, 15) is 5.11 Å². The standard InChI is InChI=1S/C12H25B2O4/c1-9(2,15)10(3,4)17-14-18-12(7,8)11(5,6)16-13/h15H,1-8H3. The third-order valence-corrected chi connectivity index (χ3v) is 3.90. The van der Waals surface area contributed by atoms with E-state index in [-0.39, 0.29) is 0 Å². The van der Waals surface area contributed by atoms with Gasteiger partial charge >= 0.3 is 7.69 Å². The molecule has 0 saturated heterocycles. The van der Waals surface area contributed by atoms with Crippen LogP contribution in [-0.2, 0) is 14.0 Å². The summed E-state index contributed by atoms with van der Waals surface area (Å²) in [6, 6.07) is 0. The second-order valence-electron chi connectivity index (χ2n) is 6.54. The van der Waals surface area contributed by atoms with Crippen molar-refractivity contribution in [3.63, 3.8) is 0 Å². The Morgan fingerprint density at radius 3 is 1.50 bits per heavy atom. The summed E-state index contributed by atoms with van der Waals surface area (Å²) < 4.78 is 15.9. The summed E-state index contributed by atoms with van der Waals surface area (Å²) in [4.78, 5) is 0. The van der Waals surface area contributed by atoms with E-state index < -0.39 is 22.4 Å². The fourth-order valence-corrected chi connectivity index (χ4v) is 0.693. The van der Waals surface area contributed by atoms with E-state index >= 15 is 0 Å². The molecule has 0 rings (SSSR count). The highest BCUT2D eigenvalue weighted by Crippen LogP contribution is 2.29. The summed E-state index contributed by atoms with van der Waals surface area (Å²) in [5, 5.41) is 9.94. The highest BCUT2D eigenvalue weighted by Gasteiger charge is 2.40. The number of aliphatic hydroxyl groups is 1. The van der Waals surface area contributed by atoms with Gasteiger partial charge in [0.2, 0.25) is 0 Å². The zero-order chi connectivity index (χ0) is 14.8. The molecule has 0 unspecified atom stereocenters. The lowest BCUT2D eigenvalue weighted by Crippen LogP contribution is -2.52. The number of hydrogen-bond acceptors (Lipinski definition) is 4. The Labute approximate surface area is 113 Å². The minimum absolute atomic E-state index is 0.669. The third-order valence-electron chi connectivity index (χ3n) is 3.90. The summed E-state index contributed by atoms with van der Waals surface area (Å²) in [6.07, 6.45) is 0. The van der Waals surface area contributed by atoms with Crippen LogP contribution in [0.5, 0.6) is 0 Å². The summed E-state index contributed by atoms with van der Waals surface area (Å²) in [5.74, 6) is 0. The maximum Gasteiger partial charge on any atom is 0.488 e. The molecular weight excluding hydrogens is 230 g/mol. The maximum atomic E-state index is 9.94. The second kappa shape index (κ2) is 5.53. The fourth-order valence-electron chi connectivity index (χ4n) is 0.693. The van der Waals surface area contributed by atoms with E-state index in [0.29, 0.717) is 0 Å². The van der Waals surface area contributed by atoms with Crippen molar-refractivity contribution in [2.75, 3.05) is 0 Å². The molecule has 0 aromatic heterocycles. The molecule has 0 aromatic rings. The van der Waals surface area contributed by atoms with Gasteiger partial charge in [-0.15, -0.1) is 0 Å². The average Bonchev–Trinajstić information content (AvgIpc) is 2.14. The van der Waals surface area contributed by atoms with Gasteiger partial charge < -0.3 is 19.1 Å². The van der Waals surface area contributed by atoms with Crippen LogP contribution in [0.2, 0.25) is 0 Å². The van der Waals surface area contributed by atoms with Gasteiger partial charge in [0.05, 0.1) is 22.4 Å². The zero-order valence-electron chi connectivity index (χ0n) is 12.8. The number of rotatable bonds is 7. The van der Waals surface area contributed by atoms with Crippen molar-refractivity contribution in [1.82, 2.24) is 0 Å². The van der Waals surface area contributed by atoms with Crippen LogP contribution in [0.3, 0.4) is 0 Å². The first-order chi connectivity index (χ1) is 7.77. The zero-order valence-corrected chi connectivity index (χ0v) is 12.8. The smallest absolute Gasteiger partial charge is 0.440 e. The topological polar surface area (TPSA) is 47.9 Å². The molecule has 4 nitrogen and oxygen atoms in total. The Hall–Kier alpha value is -0.0301. The molecule has 0 aliphatic rings. The van der Waals surface area contributed by atoms with E-state index in [1.54, 1.807) is 27.7 Å². The molecule has 18 heavy (non-hydrogen) atoms. The molecule has 0 amide bonds. The van der Waals surface area contributed by atoms with Crippen LogP contribution in [0.25, 0.3) is 0 Å². The van der Waals surface area contributed by atoms with Crippen molar-refractivity contribution in [3.05, 3.63) is 0 Å². The van der Waals surface area contributed by atoms with Crippen LogP contribution < -0.4 is 0 Å². The largest absolute Gasteiger partial charge is 0.488 e. The molecule has 0 aliphatic carbocycles. The predicted octanol–water partition coefficient (Wildman–Crippen LogP) is 1.76. The molecule has 0 spiro atoms. The van der Waals surface area contributed by atoms with E-state index in [1.165, 1.54) is 7.69 Å². The van der Waals surface area contributed by atoms with Crippen molar-refractivity contribution >= 4 is 15.7 Å². The van der Waals surface area contributed by atoms with Crippen molar-refractivity contribution in [2.24, 2.45) is 0 Å². The lowest BCUT2D eigenvalue weighted by molar-refractivity contribution is -0.120. The van der Waals surface area contributed by atoms with E-state index in [4.69, 9.17) is 22.0 Å². The molecular formula is C12H25B2O4. The normalized spacial score (nSPS) is 14.7. The lowest BCUT2D eigenvalue weighted by Gasteiger charge is -2.42. The van der Waals surface area contributed by atoms with Crippen LogP contribution in [0.1, 0.15) is 55.4 Å². The second-order valence-corrected chi connectivity index (χ2v) is 6.54. The summed E-state index contributed by atoms with van der Waals surface area (Å²) in [6.45, 7) is 14.3. The highest BCUT2D eigenvalue weighted by molar-refractivity contribution is 6.18. The molecule has 0 aromatic carbocycles. The molecule has 0 aliphatic heterocycles. The van der Waals surface area contributed by atoms with Crippen LogP contribution in [-0.4, -0.2) is 43.2 Å². The first kappa shape index (κ1) is 18.0. The number of hydrogen-bond donors (Lipinski definition) is 1. The molecule has 6 heteroatoms. The average molecular weight is 255 g/mol. The summed E-state index contributed by atoms with van der Waals surface area (Å²) in [7, 11) is 6.48. The Kier molecular flexibility index (Phi) is 5.52. The quantitative estimate of drug-likeness (QED) is 0.704. The maximum absolute atomic E-state index is 9.94. The molecule has 0 heterocycles. The SMILES string of the molecule is [B]OC(C)(C)C(C)(C)O[B]OC(C)(C)C(C)(C)O. The van der Waals surface area contributed by atoms with Gasteiger partial charge in [-0.1, -0.05) is 0 Å². The molecule has 0 fully saturated rings. The molecule has 0 saturated carbocycles. The van der Waals surface area contributed by atoms with Gasteiger partial charge in [0.1, 0.15) is 0 Å². The van der Waals surface area contributed by atoms with Crippen LogP contribution in [0.15, 0.2) is 0 Å². The Bertz CT molecular complexity index is 270. The minimum Gasteiger partial charge on any atom is -0.440 e. The van der Waals surface area contributed by atoms with Gasteiger partial charge in [-0.2, -0.15) is 0 Å². The Balaban J connectivity index is 4.45. The molecule has 0 atom stereocenters. The monoisotopic (exact) mass is 255 g/mol. The van der Waals surface area contributed by atoms with Gasteiger partial charge in [0.15, 0.2) is 0 Å². The van der Waals surface area contributed by atoms with E-state index in [2.05, 4.69) is 0 Å². The summed E-state index contributed by atoms with van der Waals surface area (Å²) in [5.41, 5.74) is -3.10. The highest BCUT2D eigenvalue weighted by atomic mass is 16.6. The van der Waals surface area contributed by atoms with Crippen molar-refractivity contribution in [3.8, 4) is 0 Å². The predicted molar refractivity (Wildman–Crippen MR) is 73.3 cm³/mol. The molecule has 3 radical (unpaired) electrons. The van der Waals surface area contributed by atoms with E-state index in [1.807, 2.05) is 27.7 Å². The van der Waals surface area contributed by atoms with Gasteiger partial charge in [0, 0.05) is 0 Å². The van der Waals surface area contributed by atoms with Crippen molar-refractivity contribution in [2.45, 2.75) is 77.8 Å². The van der Waals surface area contributed by atoms with Gasteiger partial charge in [-0.3, -0.25) is 0 Å². The summed E-state index contributed by atoms with van der Waals surface area (Å²) >= 11 is 0. The van der Waals surface area contributed by atoms with Gasteiger partial charge in [-0.25, -0.2) is 0 Å². The molecule has 0 bridgehead atoms. The van der Waals surface area contributed by atoms with Crippen LogP contribution in [0.4, 0.5) is 0 Å². The first-order valence-electron chi connectivity index (χ1n) is 6.04. The fraction of sp³-hybridized carbons (Fsp3) is 1.00. The van der Waals surface area contributed by atoms with Crippen LogP contribution in [0, 0.1) is 0 Å². The van der Waals surface area contributed by atoms with E-state index in [0.717, 1.165) is 0 Å². The first-order valence-corrected chi connectivity index (χ1v) is 6.04. The minimum atomic E-state index is -0.989. The third kappa shape index (κ3) is 4.26. The Morgan fingerprint density at radius 1 is 0.778 bits per heavy atom. The lowest BCUT2D eigenvalue weighted by atomic mass is 9.86. The Morgan fingerprint density at radius 2 is 1.17 bits per heavy atom. The van der Waals surface area contributed by atoms with Crippen LogP contribution >= 0.6 is 0 Å². The van der Waals surface area contributed by atoms with Crippen molar-refractivity contribution < 1.29 is 19.1 Å². The molecule has 103 valence electrons. The van der Waals surface area contributed by atoms with Gasteiger partial charge in [0.25, 0.3) is 8.05 Å².